The van der Waals surface area contributed by atoms with Crippen molar-refractivity contribution in [3.63, 3.8) is 0 Å². The van der Waals surface area contributed by atoms with Gasteiger partial charge in [-0.3, -0.25) is 0 Å². The molecule has 0 saturated heterocycles. The first-order valence-corrected chi connectivity index (χ1v) is 8.00. The lowest BCUT2D eigenvalue weighted by molar-refractivity contribution is 0.521. The van der Waals surface area contributed by atoms with Gasteiger partial charge in [0.05, 0.1) is 15.8 Å². The third-order valence-corrected chi connectivity index (χ3v) is 4.44. The summed E-state index contributed by atoms with van der Waals surface area (Å²) in [7, 11) is -3.88. The predicted octanol–water partition coefficient (Wildman–Crippen LogP) is 2.64. The molecule has 8 heteroatoms. The van der Waals surface area contributed by atoms with Crippen molar-refractivity contribution in [3.05, 3.63) is 64.0 Å². The SMILES string of the molecule is O=c1oc(NS(=O)(=O)c2ccccc2)nc2ccc(Cl)cc12. The molecule has 0 fully saturated rings. The second-order valence-corrected chi connectivity index (χ2v) is 6.51. The number of rotatable bonds is 3. The second kappa shape index (κ2) is 5.43. The van der Waals surface area contributed by atoms with Crippen LogP contribution < -0.4 is 10.3 Å². The Hall–Kier alpha value is -2.38. The van der Waals surface area contributed by atoms with Gasteiger partial charge < -0.3 is 4.42 Å². The number of hydrogen-bond donors (Lipinski definition) is 1. The van der Waals surface area contributed by atoms with Gasteiger partial charge in [0.25, 0.3) is 10.0 Å². The molecule has 6 nitrogen and oxygen atoms in total. The first kappa shape index (κ1) is 14.6. The molecular formula is C14H9ClN2O4S. The first-order valence-electron chi connectivity index (χ1n) is 6.14. The number of nitrogens with zero attached hydrogens (tertiary/aromatic N) is 1. The number of anilines is 1. The maximum atomic E-state index is 12.2. The number of halogens is 1. The zero-order valence-electron chi connectivity index (χ0n) is 11.0. The lowest BCUT2D eigenvalue weighted by atomic mass is 10.2. The van der Waals surface area contributed by atoms with E-state index in [1.54, 1.807) is 24.3 Å². The molecule has 0 aliphatic rings. The molecule has 3 rings (SSSR count). The highest BCUT2D eigenvalue weighted by Gasteiger charge is 2.17. The summed E-state index contributed by atoms with van der Waals surface area (Å²) in [4.78, 5) is 15.9. The summed E-state index contributed by atoms with van der Waals surface area (Å²) in [5.41, 5.74) is -0.440. The summed E-state index contributed by atoms with van der Waals surface area (Å²) >= 11 is 5.80. The van der Waals surface area contributed by atoms with Crippen LogP contribution in [0, 0.1) is 0 Å². The Morgan fingerprint density at radius 3 is 2.55 bits per heavy atom. The zero-order chi connectivity index (χ0) is 15.7. The molecular weight excluding hydrogens is 328 g/mol. The molecule has 22 heavy (non-hydrogen) atoms. The minimum atomic E-state index is -3.88. The highest BCUT2D eigenvalue weighted by Crippen LogP contribution is 2.18. The Morgan fingerprint density at radius 2 is 1.82 bits per heavy atom. The van der Waals surface area contributed by atoms with Crippen LogP contribution in [-0.4, -0.2) is 13.4 Å². The van der Waals surface area contributed by atoms with E-state index in [0.29, 0.717) is 5.02 Å². The van der Waals surface area contributed by atoms with E-state index < -0.39 is 21.7 Å². The number of fused-ring (bicyclic) bond motifs is 1. The number of benzene rings is 2. The smallest absolute Gasteiger partial charge is 0.348 e. The molecule has 0 radical (unpaired) electrons. The van der Waals surface area contributed by atoms with Crippen molar-refractivity contribution in [2.75, 3.05) is 4.72 Å². The van der Waals surface area contributed by atoms with Gasteiger partial charge in [-0.1, -0.05) is 29.8 Å². The standard InChI is InChI=1S/C14H9ClN2O4S/c15-9-6-7-12-11(8-9)13(18)21-14(16-12)17-22(19,20)10-4-2-1-3-5-10/h1-8H,(H,16,17). The van der Waals surface area contributed by atoms with Crippen molar-refractivity contribution in [1.29, 1.82) is 0 Å². The maximum Gasteiger partial charge on any atom is 0.348 e. The van der Waals surface area contributed by atoms with Crippen molar-refractivity contribution in [2.24, 2.45) is 0 Å². The zero-order valence-corrected chi connectivity index (χ0v) is 12.6. The summed E-state index contributed by atoms with van der Waals surface area (Å²) in [6.07, 6.45) is 0. The Labute approximate surface area is 130 Å². The molecule has 0 unspecified atom stereocenters. The quantitative estimate of drug-likeness (QED) is 0.794. The molecule has 2 aromatic carbocycles. The fraction of sp³-hybridized carbons (Fsp3) is 0. The van der Waals surface area contributed by atoms with Crippen molar-refractivity contribution >= 4 is 38.5 Å². The van der Waals surface area contributed by atoms with E-state index in [4.69, 9.17) is 16.0 Å². The molecule has 0 saturated carbocycles. The number of hydrogen-bond acceptors (Lipinski definition) is 5. The monoisotopic (exact) mass is 336 g/mol. The van der Waals surface area contributed by atoms with Crippen LogP contribution in [0.1, 0.15) is 0 Å². The maximum absolute atomic E-state index is 12.2. The van der Waals surface area contributed by atoms with Crippen molar-refractivity contribution in [1.82, 2.24) is 4.98 Å². The topological polar surface area (TPSA) is 89.3 Å². The van der Waals surface area contributed by atoms with Crippen molar-refractivity contribution in [3.8, 4) is 0 Å². The van der Waals surface area contributed by atoms with E-state index in [1.165, 1.54) is 24.3 Å². The molecule has 1 N–H and O–H groups in total. The van der Waals surface area contributed by atoms with E-state index in [1.807, 2.05) is 0 Å². The summed E-state index contributed by atoms with van der Waals surface area (Å²) in [5, 5.41) is 0.536. The number of nitrogens with one attached hydrogen (secondary N) is 1. The molecule has 0 atom stereocenters. The molecule has 0 spiro atoms. The van der Waals surface area contributed by atoms with Gasteiger partial charge in [0, 0.05) is 5.02 Å². The largest absolute Gasteiger partial charge is 0.388 e. The lowest BCUT2D eigenvalue weighted by Crippen LogP contribution is -2.16. The van der Waals surface area contributed by atoms with Crippen LogP contribution in [0.25, 0.3) is 10.9 Å². The minimum absolute atomic E-state index is 0.0376. The average molecular weight is 337 g/mol. The van der Waals surface area contributed by atoms with Crippen LogP contribution in [0.4, 0.5) is 6.01 Å². The van der Waals surface area contributed by atoms with E-state index >= 15 is 0 Å². The van der Waals surface area contributed by atoms with E-state index in [2.05, 4.69) is 9.71 Å². The van der Waals surface area contributed by atoms with E-state index in [-0.39, 0.29) is 15.8 Å². The third-order valence-electron chi connectivity index (χ3n) is 2.87. The Bertz CT molecular complexity index is 1000. The summed E-state index contributed by atoms with van der Waals surface area (Å²) in [6, 6.07) is 11.8. The van der Waals surface area contributed by atoms with Crippen LogP contribution in [0.2, 0.25) is 5.02 Å². The Kier molecular flexibility index (Phi) is 3.59. The normalized spacial score (nSPS) is 11.5. The molecule has 0 aliphatic carbocycles. The third kappa shape index (κ3) is 2.81. The summed E-state index contributed by atoms with van der Waals surface area (Å²) < 4.78 is 31.4. The highest BCUT2D eigenvalue weighted by atomic mass is 35.5. The molecule has 0 amide bonds. The first-order chi connectivity index (χ1) is 10.5. The van der Waals surface area contributed by atoms with Gasteiger partial charge in [-0.15, -0.1) is 0 Å². The van der Waals surface area contributed by atoms with Gasteiger partial charge in [-0.25, -0.2) is 17.9 Å². The van der Waals surface area contributed by atoms with Crippen LogP contribution in [-0.2, 0) is 10.0 Å². The molecule has 0 bridgehead atoms. The molecule has 1 heterocycles. The number of aromatic nitrogens is 1. The lowest BCUT2D eigenvalue weighted by Gasteiger charge is -2.06. The average Bonchev–Trinajstić information content (AvgIpc) is 2.49. The fourth-order valence-corrected chi connectivity index (χ4v) is 2.98. The van der Waals surface area contributed by atoms with E-state index in [9.17, 15) is 13.2 Å². The van der Waals surface area contributed by atoms with Gasteiger partial charge in [0.2, 0.25) is 0 Å². The summed E-state index contributed by atoms with van der Waals surface area (Å²) in [6.45, 7) is 0. The van der Waals surface area contributed by atoms with Gasteiger partial charge >= 0.3 is 11.6 Å². The van der Waals surface area contributed by atoms with E-state index in [0.717, 1.165) is 0 Å². The van der Waals surface area contributed by atoms with Crippen molar-refractivity contribution < 1.29 is 12.8 Å². The Balaban J connectivity index is 2.05. The van der Waals surface area contributed by atoms with Crippen molar-refractivity contribution in [2.45, 2.75) is 4.90 Å². The van der Waals surface area contributed by atoms with Gasteiger partial charge in [0.1, 0.15) is 0 Å². The second-order valence-electron chi connectivity index (χ2n) is 4.39. The fourth-order valence-electron chi connectivity index (χ4n) is 1.86. The predicted molar refractivity (Wildman–Crippen MR) is 82.5 cm³/mol. The Morgan fingerprint density at radius 1 is 1.09 bits per heavy atom. The number of sulfonamides is 1. The van der Waals surface area contributed by atoms with Crippen LogP contribution in [0.5, 0.6) is 0 Å². The van der Waals surface area contributed by atoms with Gasteiger partial charge in [0.15, 0.2) is 0 Å². The molecule has 1 aromatic heterocycles. The minimum Gasteiger partial charge on any atom is -0.388 e. The highest BCUT2D eigenvalue weighted by molar-refractivity contribution is 7.92. The van der Waals surface area contributed by atoms with Gasteiger partial charge in [-0.2, -0.15) is 4.98 Å². The summed E-state index contributed by atoms with van der Waals surface area (Å²) in [5.74, 6) is 0. The van der Waals surface area contributed by atoms with Gasteiger partial charge in [-0.05, 0) is 30.3 Å². The molecule has 3 aromatic rings. The van der Waals surface area contributed by atoms with Crippen LogP contribution in [0.15, 0.2) is 62.6 Å². The molecule has 0 aliphatic heterocycles. The molecule has 112 valence electrons. The van der Waals surface area contributed by atoms with Crippen LogP contribution in [0.3, 0.4) is 0 Å². The van der Waals surface area contributed by atoms with Crippen LogP contribution >= 0.6 is 11.6 Å².